The Hall–Kier alpha value is -1.99. The second kappa shape index (κ2) is 8.03. The van der Waals surface area contributed by atoms with Crippen molar-refractivity contribution in [3.05, 3.63) is 33.6 Å². The van der Waals surface area contributed by atoms with Gasteiger partial charge in [0.25, 0.3) is 0 Å². The molecule has 0 atom stereocenters. The molecule has 7 heteroatoms. The third-order valence-corrected chi connectivity index (χ3v) is 4.32. The van der Waals surface area contributed by atoms with Crippen LogP contribution in [0.2, 0.25) is 0 Å². The van der Waals surface area contributed by atoms with Crippen molar-refractivity contribution in [3.8, 4) is 0 Å². The Morgan fingerprint density at radius 1 is 1.35 bits per heavy atom. The minimum Gasteiger partial charge on any atom is -0.383 e. The second-order valence-electron chi connectivity index (χ2n) is 5.26. The van der Waals surface area contributed by atoms with Gasteiger partial charge >= 0.3 is 0 Å². The van der Waals surface area contributed by atoms with Crippen molar-refractivity contribution in [2.45, 2.75) is 33.2 Å². The summed E-state index contributed by atoms with van der Waals surface area (Å²) in [6.07, 6.45) is 2.13. The molecule has 0 spiro atoms. The van der Waals surface area contributed by atoms with Crippen LogP contribution < -0.4 is 5.32 Å². The van der Waals surface area contributed by atoms with Gasteiger partial charge in [-0.25, -0.2) is 0 Å². The monoisotopic (exact) mass is 335 g/mol. The number of ketones is 1. The van der Waals surface area contributed by atoms with E-state index in [1.165, 1.54) is 0 Å². The molecule has 0 unspecified atom stereocenters. The van der Waals surface area contributed by atoms with Crippen molar-refractivity contribution in [1.82, 2.24) is 9.78 Å². The molecule has 2 heterocycles. The summed E-state index contributed by atoms with van der Waals surface area (Å²) in [6.45, 7) is 5.09. The molecule has 124 valence electrons. The highest BCUT2D eigenvalue weighted by Gasteiger charge is 2.14. The van der Waals surface area contributed by atoms with E-state index in [4.69, 9.17) is 4.74 Å². The minimum absolute atomic E-state index is 0.00706. The molecule has 0 saturated heterocycles. The molecule has 0 aliphatic heterocycles. The van der Waals surface area contributed by atoms with E-state index in [1.54, 1.807) is 35.4 Å². The highest BCUT2D eigenvalue weighted by Crippen LogP contribution is 2.22. The van der Waals surface area contributed by atoms with Gasteiger partial charge in [-0.3, -0.25) is 14.3 Å². The number of anilines is 1. The standard InChI is InChI=1S/C16H21N3O3S/c1-11-10-13(12(2)23-11)14(20)4-5-16(21)17-15-6-7-19(18-15)8-9-22-3/h6-7,10H,4-5,8-9H2,1-3H3,(H,17,18,21). The van der Waals surface area contributed by atoms with Gasteiger partial charge in [-0.05, 0) is 19.9 Å². The summed E-state index contributed by atoms with van der Waals surface area (Å²) < 4.78 is 6.67. The number of hydrogen-bond acceptors (Lipinski definition) is 5. The van der Waals surface area contributed by atoms with E-state index in [-0.39, 0.29) is 24.5 Å². The predicted molar refractivity (Wildman–Crippen MR) is 90.1 cm³/mol. The molecular weight excluding hydrogens is 314 g/mol. The van der Waals surface area contributed by atoms with Crippen LogP contribution in [0.3, 0.4) is 0 Å². The summed E-state index contributed by atoms with van der Waals surface area (Å²) in [4.78, 5) is 26.2. The second-order valence-corrected chi connectivity index (χ2v) is 6.72. The van der Waals surface area contributed by atoms with Crippen molar-refractivity contribution in [3.63, 3.8) is 0 Å². The fraction of sp³-hybridized carbons (Fsp3) is 0.438. The van der Waals surface area contributed by atoms with E-state index >= 15 is 0 Å². The molecule has 2 rings (SSSR count). The summed E-state index contributed by atoms with van der Waals surface area (Å²) in [7, 11) is 1.62. The first-order valence-electron chi connectivity index (χ1n) is 7.42. The molecule has 0 bridgehead atoms. The molecule has 2 aromatic heterocycles. The van der Waals surface area contributed by atoms with Crippen LogP contribution in [0.25, 0.3) is 0 Å². The molecule has 0 aliphatic rings. The van der Waals surface area contributed by atoms with Crippen molar-refractivity contribution in [1.29, 1.82) is 0 Å². The Kier molecular flexibility index (Phi) is 6.06. The number of nitrogens with one attached hydrogen (secondary N) is 1. The number of rotatable bonds is 8. The molecule has 2 aromatic rings. The molecule has 1 N–H and O–H groups in total. The minimum atomic E-state index is -0.208. The Bertz CT molecular complexity index is 691. The number of nitrogens with zero attached hydrogens (tertiary/aromatic N) is 2. The van der Waals surface area contributed by atoms with Gasteiger partial charge in [0.2, 0.25) is 5.91 Å². The normalized spacial score (nSPS) is 10.7. The topological polar surface area (TPSA) is 73.2 Å². The number of thiophene rings is 1. The van der Waals surface area contributed by atoms with Crippen LogP contribution in [0, 0.1) is 13.8 Å². The average Bonchev–Trinajstić information content (AvgIpc) is 3.08. The molecule has 23 heavy (non-hydrogen) atoms. The zero-order valence-corrected chi connectivity index (χ0v) is 14.4. The summed E-state index contributed by atoms with van der Waals surface area (Å²) in [6, 6.07) is 3.61. The van der Waals surface area contributed by atoms with Crippen molar-refractivity contribution < 1.29 is 14.3 Å². The van der Waals surface area contributed by atoms with Crippen molar-refractivity contribution >= 4 is 28.8 Å². The maximum Gasteiger partial charge on any atom is 0.226 e. The zero-order valence-electron chi connectivity index (χ0n) is 13.6. The van der Waals surface area contributed by atoms with Crippen LogP contribution in [-0.2, 0) is 16.1 Å². The van der Waals surface area contributed by atoms with Crippen LogP contribution in [0.5, 0.6) is 0 Å². The quantitative estimate of drug-likeness (QED) is 0.753. The van der Waals surface area contributed by atoms with E-state index in [1.807, 2.05) is 19.9 Å². The number of aryl methyl sites for hydroxylation is 2. The first kappa shape index (κ1) is 17.4. The van der Waals surface area contributed by atoms with Crippen molar-refractivity contribution in [2.75, 3.05) is 19.0 Å². The first-order chi connectivity index (χ1) is 11.0. The Balaban J connectivity index is 1.82. The van der Waals surface area contributed by atoms with E-state index in [0.717, 1.165) is 15.3 Å². The van der Waals surface area contributed by atoms with Gasteiger partial charge in [-0.2, -0.15) is 5.10 Å². The lowest BCUT2D eigenvalue weighted by atomic mass is 10.1. The summed E-state index contributed by atoms with van der Waals surface area (Å²) >= 11 is 1.60. The van der Waals surface area contributed by atoms with Gasteiger partial charge in [0.15, 0.2) is 11.6 Å². The van der Waals surface area contributed by atoms with Crippen molar-refractivity contribution in [2.24, 2.45) is 0 Å². The molecule has 0 saturated carbocycles. The fourth-order valence-corrected chi connectivity index (χ4v) is 3.15. The smallest absolute Gasteiger partial charge is 0.226 e. The summed E-state index contributed by atoms with van der Waals surface area (Å²) in [5.74, 6) is 0.286. The number of ether oxygens (including phenoxy) is 1. The highest BCUT2D eigenvalue weighted by molar-refractivity contribution is 7.12. The van der Waals surface area contributed by atoms with E-state index in [0.29, 0.717) is 19.0 Å². The Morgan fingerprint density at radius 3 is 2.78 bits per heavy atom. The van der Waals surface area contributed by atoms with Gasteiger partial charge in [0, 0.05) is 47.5 Å². The summed E-state index contributed by atoms with van der Waals surface area (Å²) in [5.41, 5.74) is 0.726. The predicted octanol–water partition coefficient (Wildman–Crippen LogP) is 2.81. The highest BCUT2D eigenvalue weighted by atomic mass is 32.1. The number of carbonyl (C=O) groups excluding carboxylic acids is 2. The SMILES string of the molecule is COCCn1ccc(NC(=O)CCC(=O)c2cc(C)sc2C)n1. The van der Waals surface area contributed by atoms with Gasteiger partial charge in [-0.1, -0.05) is 0 Å². The van der Waals surface area contributed by atoms with Gasteiger partial charge < -0.3 is 10.1 Å². The fourth-order valence-electron chi connectivity index (χ4n) is 2.21. The third kappa shape index (κ3) is 5.01. The molecule has 0 aliphatic carbocycles. The van der Waals surface area contributed by atoms with Crippen LogP contribution in [-0.4, -0.2) is 35.2 Å². The lowest BCUT2D eigenvalue weighted by Crippen LogP contribution is -2.14. The lowest BCUT2D eigenvalue weighted by molar-refractivity contribution is -0.116. The van der Waals surface area contributed by atoms with E-state index < -0.39 is 0 Å². The molecule has 6 nitrogen and oxygen atoms in total. The lowest BCUT2D eigenvalue weighted by Gasteiger charge is -2.03. The van der Waals surface area contributed by atoms with Gasteiger partial charge in [0.05, 0.1) is 13.2 Å². The number of hydrogen-bond donors (Lipinski definition) is 1. The molecule has 0 radical (unpaired) electrons. The maximum atomic E-state index is 12.2. The molecule has 0 aromatic carbocycles. The average molecular weight is 335 g/mol. The van der Waals surface area contributed by atoms with Crippen LogP contribution in [0.1, 0.15) is 33.0 Å². The first-order valence-corrected chi connectivity index (χ1v) is 8.23. The number of amides is 1. The van der Waals surface area contributed by atoms with Gasteiger partial charge in [0.1, 0.15) is 0 Å². The largest absolute Gasteiger partial charge is 0.383 e. The van der Waals surface area contributed by atoms with Gasteiger partial charge in [-0.15, -0.1) is 11.3 Å². The third-order valence-electron chi connectivity index (χ3n) is 3.35. The van der Waals surface area contributed by atoms with E-state index in [9.17, 15) is 9.59 Å². The Labute approximate surface area is 139 Å². The maximum absolute atomic E-state index is 12.2. The number of Topliss-reactive ketones (excluding diaryl/α,β-unsaturated/α-hetero) is 1. The van der Waals surface area contributed by atoms with Crippen LogP contribution >= 0.6 is 11.3 Å². The number of methoxy groups -OCH3 is 1. The summed E-state index contributed by atoms with van der Waals surface area (Å²) in [5, 5.41) is 6.92. The number of aromatic nitrogens is 2. The molecular formula is C16H21N3O3S. The number of carbonyl (C=O) groups is 2. The molecule has 1 amide bonds. The Morgan fingerprint density at radius 2 is 2.13 bits per heavy atom. The van der Waals surface area contributed by atoms with Crippen LogP contribution in [0.15, 0.2) is 18.3 Å². The molecule has 0 fully saturated rings. The zero-order chi connectivity index (χ0) is 16.8. The van der Waals surface area contributed by atoms with E-state index in [2.05, 4.69) is 10.4 Å². The van der Waals surface area contributed by atoms with Crippen LogP contribution in [0.4, 0.5) is 5.82 Å².